The van der Waals surface area contributed by atoms with Crippen molar-refractivity contribution in [2.24, 2.45) is 5.73 Å². The number of hydrogen-bond donors (Lipinski definition) is 1. The molecule has 1 fully saturated rings. The first-order chi connectivity index (χ1) is 8.20. The molecule has 0 amide bonds. The van der Waals surface area contributed by atoms with Crippen LogP contribution in [0.3, 0.4) is 0 Å². The van der Waals surface area contributed by atoms with E-state index in [4.69, 9.17) is 15.2 Å². The molecule has 0 aromatic heterocycles. The van der Waals surface area contributed by atoms with E-state index in [-0.39, 0.29) is 23.7 Å². The Labute approximate surface area is 101 Å². The van der Waals surface area contributed by atoms with Crippen molar-refractivity contribution in [2.45, 2.75) is 31.4 Å². The quantitative estimate of drug-likeness (QED) is 0.877. The van der Waals surface area contributed by atoms with E-state index in [0.29, 0.717) is 0 Å². The summed E-state index contributed by atoms with van der Waals surface area (Å²) in [6.07, 6.45) is 3.10. The highest BCUT2D eigenvalue weighted by Gasteiger charge is 2.20. The highest BCUT2D eigenvalue weighted by atomic mass is 19.1. The molecule has 2 N–H and O–H groups in total. The molecule has 0 spiro atoms. The maximum atomic E-state index is 13.5. The van der Waals surface area contributed by atoms with Crippen LogP contribution in [0.2, 0.25) is 0 Å². The minimum absolute atomic E-state index is 0.182. The molecule has 17 heavy (non-hydrogen) atoms. The van der Waals surface area contributed by atoms with Crippen LogP contribution in [0, 0.1) is 5.82 Å². The number of benzene rings is 1. The van der Waals surface area contributed by atoms with Crippen LogP contribution in [0.25, 0.3) is 0 Å². The molecular formula is C13H18FNO2. The third-order valence-electron chi connectivity index (χ3n) is 3.14. The van der Waals surface area contributed by atoms with Crippen LogP contribution < -0.4 is 10.5 Å². The first-order valence-electron chi connectivity index (χ1n) is 5.91. The molecule has 0 aliphatic carbocycles. The first-order valence-corrected chi connectivity index (χ1v) is 5.91. The first kappa shape index (κ1) is 12.3. The van der Waals surface area contributed by atoms with Gasteiger partial charge in [0.25, 0.3) is 0 Å². The predicted molar refractivity (Wildman–Crippen MR) is 63.5 cm³/mol. The van der Waals surface area contributed by atoms with Gasteiger partial charge in [-0.15, -0.1) is 0 Å². The van der Waals surface area contributed by atoms with Crippen molar-refractivity contribution in [3.8, 4) is 5.75 Å². The van der Waals surface area contributed by atoms with E-state index in [1.807, 2.05) is 6.07 Å². The molecule has 94 valence electrons. The zero-order valence-electron chi connectivity index (χ0n) is 9.99. The number of rotatable bonds is 4. The molecule has 2 unspecified atom stereocenters. The van der Waals surface area contributed by atoms with Crippen molar-refractivity contribution in [2.75, 3.05) is 13.7 Å². The topological polar surface area (TPSA) is 44.5 Å². The van der Waals surface area contributed by atoms with E-state index in [9.17, 15) is 4.39 Å². The molecule has 0 radical (unpaired) electrons. The van der Waals surface area contributed by atoms with Crippen LogP contribution in [0.15, 0.2) is 18.2 Å². The van der Waals surface area contributed by atoms with Crippen molar-refractivity contribution in [1.82, 2.24) is 0 Å². The fourth-order valence-electron chi connectivity index (χ4n) is 2.16. The van der Waals surface area contributed by atoms with Gasteiger partial charge in [-0.05, 0) is 37.0 Å². The summed E-state index contributed by atoms with van der Waals surface area (Å²) in [5, 5.41) is 0. The predicted octanol–water partition coefficient (Wildman–Crippen LogP) is 2.40. The summed E-state index contributed by atoms with van der Waals surface area (Å²) in [5.74, 6) is -0.120. The minimum atomic E-state index is -0.368. The van der Waals surface area contributed by atoms with Crippen LogP contribution in [-0.2, 0) is 4.74 Å². The number of hydrogen-bond acceptors (Lipinski definition) is 3. The average Bonchev–Trinajstić information content (AvgIpc) is 2.81. The Balaban J connectivity index is 2.02. The summed E-state index contributed by atoms with van der Waals surface area (Å²) in [6, 6.07) is 4.68. The van der Waals surface area contributed by atoms with Crippen molar-refractivity contribution in [3.05, 3.63) is 29.6 Å². The molecule has 2 atom stereocenters. The van der Waals surface area contributed by atoms with Gasteiger partial charge in [0.15, 0.2) is 11.6 Å². The lowest BCUT2D eigenvalue weighted by Gasteiger charge is -2.17. The van der Waals surface area contributed by atoms with E-state index < -0.39 is 0 Å². The molecular weight excluding hydrogens is 221 g/mol. The fourth-order valence-corrected chi connectivity index (χ4v) is 2.16. The lowest BCUT2D eigenvalue weighted by atomic mass is 10.00. The molecule has 1 aromatic carbocycles. The van der Waals surface area contributed by atoms with E-state index in [1.165, 1.54) is 13.2 Å². The zero-order valence-corrected chi connectivity index (χ0v) is 9.99. The highest BCUT2D eigenvalue weighted by molar-refractivity contribution is 5.30. The lowest BCUT2D eigenvalue weighted by Crippen LogP contribution is -2.18. The van der Waals surface area contributed by atoms with E-state index in [2.05, 4.69) is 0 Å². The molecule has 1 aromatic rings. The Morgan fingerprint density at radius 1 is 1.59 bits per heavy atom. The second kappa shape index (κ2) is 5.47. The van der Waals surface area contributed by atoms with Crippen molar-refractivity contribution in [1.29, 1.82) is 0 Å². The number of methoxy groups -OCH3 is 1. The number of nitrogens with two attached hydrogens (primary N) is 1. The van der Waals surface area contributed by atoms with Crippen LogP contribution in [0.5, 0.6) is 5.75 Å². The van der Waals surface area contributed by atoms with Gasteiger partial charge in [0.2, 0.25) is 0 Å². The Kier molecular flexibility index (Phi) is 3.97. The molecule has 2 rings (SSSR count). The Morgan fingerprint density at radius 3 is 3.00 bits per heavy atom. The van der Waals surface area contributed by atoms with Gasteiger partial charge < -0.3 is 15.2 Å². The lowest BCUT2D eigenvalue weighted by molar-refractivity contribution is 0.0983. The van der Waals surface area contributed by atoms with E-state index in [1.54, 1.807) is 6.07 Å². The SMILES string of the molecule is COc1ccc(C(N)CC2CCCO2)cc1F. The van der Waals surface area contributed by atoms with Crippen molar-refractivity contribution in [3.63, 3.8) is 0 Å². The monoisotopic (exact) mass is 239 g/mol. The number of ether oxygens (including phenoxy) is 2. The second-order valence-corrected chi connectivity index (χ2v) is 4.37. The van der Waals surface area contributed by atoms with Gasteiger partial charge in [-0.3, -0.25) is 0 Å². The third kappa shape index (κ3) is 2.96. The molecule has 1 saturated heterocycles. The normalized spacial score (nSPS) is 21.5. The average molecular weight is 239 g/mol. The zero-order chi connectivity index (χ0) is 12.3. The minimum Gasteiger partial charge on any atom is -0.494 e. The number of halogens is 1. The van der Waals surface area contributed by atoms with Gasteiger partial charge >= 0.3 is 0 Å². The van der Waals surface area contributed by atoms with Crippen LogP contribution in [-0.4, -0.2) is 19.8 Å². The Hall–Kier alpha value is -1.13. The molecule has 1 aliphatic rings. The van der Waals surface area contributed by atoms with E-state index in [0.717, 1.165) is 31.4 Å². The van der Waals surface area contributed by atoms with Gasteiger partial charge in [-0.25, -0.2) is 4.39 Å². The summed E-state index contributed by atoms with van der Waals surface area (Å²) >= 11 is 0. The Morgan fingerprint density at radius 2 is 2.41 bits per heavy atom. The largest absolute Gasteiger partial charge is 0.494 e. The highest BCUT2D eigenvalue weighted by Crippen LogP contribution is 2.26. The van der Waals surface area contributed by atoms with Crippen LogP contribution >= 0.6 is 0 Å². The smallest absolute Gasteiger partial charge is 0.165 e. The molecule has 1 heterocycles. The Bertz CT molecular complexity index is 378. The summed E-state index contributed by atoms with van der Waals surface area (Å²) < 4.78 is 23.9. The van der Waals surface area contributed by atoms with Gasteiger partial charge in [0.1, 0.15) is 0 Å². The molecule has 0 bridgehead atoms. The molecule has 3 nitrogen and oxygen atoms in total. The van der Waals surface area contributed by atoms with Gasteiger partial charge in [-0.1, -0.05) is 6.07 Å². The second-order valence-electron chi connectivity index (χ2n) is 4.37. The molecule has 1 aliphatic heterocycles. The fraction of sp³-hybridized carbons (Fsp3) is 0.538. The van der Waals surface area contributed by atoms with Crippen molar-refractivity contribution >= 4 is 0 Å². The van der Waals surface area contributed by atoms with Gasteiger partial charge in [0, 0.05) is 12.6 Å². The van der Waals surface area contributed by atoms with Gasteiger partial charge in [0.05, 0.1) is 13.2 Å². The summed E-state index contributed by atoms with van der Waals surface area (Å²) in [4.78, 5) is 0. The van der Waals surface area contributed by atoms with Crippen LogP contribution in [0.4, 0.5) is 4.39 Å². The van der Waals surface area contributed by atoms with Crippen molar-refractivity contribution < 1.29 is 13.9 Å². The maximum Gasteiger partial charge on any atom is 0.165 e. The standard InChI is InChI=1S/C13H18FNO2/c1-16-13-5-4-9(7-11(13)14)12(15)8-10-3-2-6-17-10/h4-5,7,10,12H,2-3,6,8,15H2,1H3. The third-order valence-corrected chi connectivity index (χ3v) is 3.14. The summed E-state index contributed by atoms with van der Waals surface area (Å²) in [5.41, 5.74) is 6.84. The summed E-state index contributed by atoms with van der Waals surface area (Å²) in [7, 11) is 1.45. The van der Waals surface area contributed by atoms with Gasteiger partial charge in [-0.2, -0.15) is 0 Å². The molecule has 4 heteroatoms. The molecule has 0 saturated carbocycles. The van der Waals surface area contributed by atoms with E-state index >= 15 is 0 Å². The van der Waals surface area contributed by atoms with Crippen LogP contribution in [0.1, 0.15) is 30.9 Å². The summed E-state index contributed by atoms with van der Waals surface area (Å²) in [6.45, 7) is 0.814. The maximum absolute atomic E-state index is 13.5.